The first kappa shape index (κ1) is 18.0. The van der Waals surface area contributed by atoms with Crippen molar-refractivity contribution < 1.29 is 9.53 Å². The SMILES string of the molecule is CCOC(=O)c1cc(Cc2ccc(Cl)cc2)c(=O)[nH]c1-c1ccccc1. The Hall–Kier alpha value is -2.85. The first-order chi connectivity index (χ1) is 12.6. The van der Waals surface area contributed by atoms with Gasteiger partial charge in [0.05, 0.1) is 17.9 Å². The third-order valence-corrected chi connectivity index (χ3v) is 4.24. The van der Waals surface area contributed by atoms with Crippen LogP contribution in [-0.2, 0) is 11.2 Å². The van der Waals surface area contributed by atoms with E-state index < -0.39 is 5.97 Å². The van der Waals surface area contributed by atoms with E-state index in [-0.39, 0.29) is 12.2 Å². The highest BCUT2D eigenvalue weighted by Crippen LogP contribution is 2.22. The highest BCUT2D eigenvalue weighted by atomic mass is 35.5. The number of rotatable bonds is 5. The van der Waals surface area contributed by atoms with E-state index in [9.17, 15) is 9.59 Å². The van der Waals surface area contributed by atoms with Gasteiger partial charge in [0.15, 0.2) is 0 Å². The molecule has 0 amide bonds. The molecule has 0 fully saturated rings. The Morgan fingerprint density at radius 3 is 2.42 bits per heavy atom. The van der Waals surface area contributed by atoms with E-state index in [4.69, 9.17) is 16.3 Å². The molecular weight excluding hydrogens is 350 g/mol. The predicted molar refractivity (Wildman–Crippen MR) is 103 cm³/mol. The lowest BCUT2D eigenvalue weighted by molar-refractivity contribution is 0.0526. The predicted octanol–water partition coefficient (Wildman–Crippen LogP) is 4.46. The number of esters is 1. The van der Waals surface area contributed by atoms with E-state index in [1.165, 1.54) is 0 Å². The number of benzene rings is 2. The molecule has 5 heteroatoms. The number of halogens is 1. The van der Waals surface area contributed by atoms with Gasteiger partial charge >= 0.3 is 5.97 Å². The molecule has 0 aliphatic rings. The molecule has 0 saturated carbocycles. The van der Waals surface area contributed by atoms with Gasteiger partial charge in [-0.1, -0.05) is 54.1 Å². The van der Waals surface area contributed by atoms with Gasteiger partial charge in [0, 0.05) is 17.0 Å². The quantitative estimate of drug-likeness (QED) is 0.677. The second-order valence-electron chi connectivity index (χ2n) is 5.80. The van der Waals surface area contributed by atoms with Crippen molar-refractivity contribution in [2.24, 2.45) is 0 Å². The van der Waals surface area contributed by atoms with Crippen LogP contribution in [-0.4, -0.2) is 17.6 Å². The van der Waals surface area contributed by atoms with E-state index in [1.54, 1.807) is 25.1 Å². The minimum atomic E-state index is -0.458. The Bertz CT molecular complexity index is 963. The summed E-state index contributed by atoms with van der Waals surface area (Å²) in [5, 5.41) is 0.634. The molecule has 1 aromatic heterocycles. The smallest absolute Gasteiger partial charge is 0.340 e. The molecule has 1 N–H and O–H groups in total. The highest BCUT2D eigenvalue weighted by Gasteiger charge is 2.18. The normalized spacial score (nSPS) is 10.5. The Morgan fingerprint density at radius 2 is 1.77 bits per heavy atom. The Labute approximate surface area is 156 Å². The molecule has 1 heterocycles. The summed E-state index contributed by atoms with van der Waals surface area (Å²) in [5.41, 5.74) is 2.77. The van der Waals surface area contributed by atoms with Gasteiger partial charge in [0.1, 0.15) is 0 Å². The molecule has 3 rings (SSSR count). The Balaban J connectivity index is 2.07. The molecule has 132 valence electrons. The second-order valence-corrected chi connectivity index (χ2v) is 6.24. The number of pyridine rings is 1. The number of H-pyrrole nitrogens is 1. The molecule has 0 radical (unpaired) electrons. The van der Waals surface area contributed by atoms with Gasteiger partial charge in [-0.05, 0) is 36.2 Å². The van der Waals surface area contributed by atoms with Gasteiger partial charge in [-0.2, -0.15) is 0 Å². The molecule has 3 aromatic rings. The fourth-order valence-electron chi connectivity index (χ4n) is 2.73. The molecular formula is C21H18ClNO3. The summed E-state index contributed by atoms with van der Waals surface area (Å²) in [6, 6.07) is 18.1. The summed E-state index contributed by atoms with van der Waals surface area (Å²) in [6.07, 6.45) is 0.397. The fraction of sp³-hybridized carbons (Fsp3) is 0.143. The van der Waals surface area contributed by atoms with Crippen molar-refractivity contribution in [3.8, 4) is 11.3 Å². The van der Waals surface area contributed by atoms with Crippen LogP contribution in [0.25, 0.3) is 11.3 Å². The largest absolute Gasteiger partial charge is 0.462 e. The number of nitrogens with one attached hydrogen (secondary N) is 1. The summed E-state index contributed by atoms with van der Waals surface area (Å²) in [4.78, 5) is 27.9. The van der Waals surface area contributed by atoms with E-state index in [0.29, 0.717) is 28.3 Å². The van der Waals surface area contributed by atoms with Crippen molar-refractivity contribution >= 4 is 17.6 Å². The van der Waals surface area contributed by atoms with Crippen molar-refractivity contribution in [2.45, 2.75) is 13.3 Å². The van der Waals surface area contributed by atoms with Gasteiger partial charge in [-0.15, -0.1) is 0 Å². The van der Waals surface area contributed by atoms with E-state index in [2.05, 4.69) is 4.98 Å². The van der Waals surface area contributed by atoms with Crippen LogP contribution in [0.4, 0.5) is 0 Å². The van der Waals surface area contributed by atoms with Crippen LogP contribution in [0.1, 0.15) is 28.4 Å². The number of ether oxygens (including phenoxy) is 1. The summed E-state index contributed by atoms with van der Waals surface area (Å²) >= 11 is 5.91. The molecule has 0 saturated heterocycles. The molecule has 0 bridgehead atoms. The first-order valence-electron chi connectivity index (χ1n) is 8.31. The third-order valence-electron chi connectivity index (χ3n) is 3.98. The summed E-state index contributed by atoms with van der Waals surface area (Å²) in [5.74, 6) is -0.458. The minimum Gasteiger partial charge on any atom is -0.462 e. The number of hydrogen-bond acceptors (Lipinski definition) is 3. The van der Waals surface area contributed by atoms with Gasteiger partial charge in [-0.25, -0.2) is 4.79 Å². The van der Waals surface area contributed by atoms with Crippen LogP contribution in [0.3, 0.4) is 0 Å². The standard InChI is InChI=1S/C21H18ClNO3/c1-2-26-21(25)18-13-16(12-14-8-10-17(22)11-9-14)20(24)23-19(18)15-6-4-3-5-7-15/h3-11,13H,2,12H2,1H3,(H,23,24). The number of carbonyl (C=O) groups excluding carboxylic acids is 1. The van der Waals surface area contributed by atoms with Crippen molar-refractivity contribution in [2.75, 3.05) is 6.61 Å². The van der Waals surface area contributed by atoms with Crippen LogP contribution in [0.2, 0.25) is 5.02 Å². The maximum Gasteiger partial charge on any atom is 0.340 e. The highest BCUT2D eigenvalue weighted by molar-refractivity contribution is 6.30. The zero-order valence-electron chi connectivity index (χ0n) is 14.3. The van der Waals surface area contributed by atoms with E-state index in [1.807, 2.05) is 42.5 Å². The van der Waals surface area contributed by atoms with Gasteiger partial charge in [0.25, 0.3) is 5.56 Å². The number of hydrogen-bond donors (Lipinski definition) is 1. The molecule has 0 spiro atoms. The van der Waals surface area contributed by atoms with Crippen LogP contribution in [0.15, 0.2) is 65.5 Å². The summed E-state index contributed by atoms with van der Waals surface area (Å²) < 4.78 is 5.17. The van der Waals surface area contributed by atoms with E-state index >= 15 is 0 Å². The second kappa shape index (κ2) is 8.02. The Morgan fingerprint density at radius 1 is 1.08 bits per heavy atom. The van der Waals surface area contributed by atoms with Crippen LogP contribution < -0.4 is 5.56 Å². The summed E-state index contributed by atoms with van der Waals surface area (Å²) in [7, 11) is 0. The molecule has 0 aliphatic heterocycles. The van der Waals surface area contributed by atoms with Gasteiger partial charge in [0.2, 0.25) is 0 Å². The monoisotopic (exact) mass is 367 g/mol. The topological polar surface area (TPSA) is 59.2 Å². The Kier molecular flexibility index (Phi) is 5.54. The van der Waals surface area contributed by atoms with Crippen molar-refractivity contribution in [3.05, 3.63) is 92.7 Å². The minimum absolute atomic E-state index is 0.230. The molecule has 4 nitrogen and oxygen atoms in total. The van der Waals surface area contributed by atoms with Crippen molar-refractivity contribution in [1.29, 1.82) is 0 Å². The van der Waals surface area contributed by atoms with Crippen LogP contribution in [0, 0.1) is 0 Å². The van der Waals surface area contributed by atoms with Crippen LogP contribution in [0.5, 0.6) is 0 Å². The summed E-state index contributed by atoms with van der Waals surface area (Å²) in [6.45, 7) is 2.01. The first-order valence-corrected chi connectivity index (χ1v) is 8.69. The van der Waals surface area contributed by atoms with Gasteiger partial charge in [-0.3, -0.25) is 4.79 Å². The molecule has 26 heavy (non-hydrogen) atoms. The molecule has 0 unspecified atom stereocenters. The molecule has 0 aliphatic carbocycles. The lowest BCUT2D eigenvalue weighted by atomic mass is 10.0. The zero-order chi connectivity index (χ0) is 18.5. The average Bonchev–Trinajstić information content (AvgIpc) is 2.65. The maximum atomic E-state index is 12.6. The number of aromatic amines is 1. The lowest BCUT2D eigenvalue weighted by Crippen LogP contribution is -2.18. The van der Waals surface area contributed by atoms with Crippen LogP contribution >= 0.6 is 11.6 Å². The molecule has 2 aromatic carbocycles. The van der Waals surface area contributed by atoms with E-state index in [0.717, 1.165) is 11.1 Å². The maximum absolute atomic E-state index is 12.6. The lowest BCUT2D eigenvalue weighted by Gasteiger charge is -2.11. The average molecular weight is 368 g/mol. The fourth-order valence-corrected chi connectivity index (χ4v) is 2.85. The van der Waals surface area contributed by atoms with Gasteiger partial charge < -0.3 is 9.72 Å². The zero-order valence-corrected chi connectivity index (χ0v) is 15.0. The number of aromatic nitrogens is 1. The molecule has 0 atom stereocenters. The van der Waals surface area contributed by atoms with Crippen molar-refractivity contribution in [1.82, 2.24) is 4.98 Å². The van der Waals surface area contributed by atoms with Crippen molar-refractivity contribution in [3.63, 3.8) is 0 Å². The number of carbonyl (C=O) groups is 1. The third kappa shape index (κ3) is 4.03.